The molecule has 2 rings (SSSR count). The van der Waals surface area contributed by atoms with E-state index < -0.39 is 0 Å². The van der Waals surface area contributed by atoms with Gasteiger partial charge < -0.3 is 10.6 Å². The van der Waals surface area contributed by atoms with Crippen LogP contribution in [0.5, 0.6) is 0 Å². The Bertz CT molecular complexity index is 378. The average molecular weight is 247 g/mol. The largest absolute Gasteiger partial charge is 0.368 e. The van der Waals surface area contributed by atoms with E-state index in [1.54, 1.807) is 0 Å². The van der Waals surface area contributed by atoms with Crippen molar-refractivity contribution in [2.24, 2.45) is 5.73 Å². The van der Waals surface area contributed by atoms with E-state index in [4.69, 9.17) is 5.73 Å². The number of para-hydroxylation sites is 1. The molecular weight excluding hydrogens is 222 g/mol. The predicted octanol–water partition coefficient (Wildman–Crippen LogP) is 1.72. The Morgan fingerprint density at radius 2 is 2.06 bits per heavy atom. The summed E-state index contributed by atoms with van der Waals surface area (Å²) in [6.07, 6.45) is 1.10. The molecule has 0 aliphatic carbocycles. The van der Waals surface area contributed by atoms with E-state index in [0.29, 0.717) is 6.04 Å². The standard InChI is InChI=1S/C15H25N3/c1-3-14-6-4-5-7-15(14)18-11-10-17(9-8-16)13(2)12-18/h4-7,13H,3,8-12,16H2,1-2H3. The molecule has 0 spiro atoms. The second kappa shape index (κ2) is 6.21. The number of nitrogens with zero attached hydrogens (tertiary/aromatic N) is 2. The van der Waals surface area contributed by atoms with Crippen LogP contribution in [0.15, 0.2) is 24.3 Å². The van der Waals surface area contributed by atoms with Crippen molar-refractivity contribution in [1.29, 1.82) is 0 Å². The Morgan fingerprint density at radius 1 is 1.28 bits per heavy atom. The maximum Gasteiger partial charge on any atom is 0.0399 e. The van der Waals surface area contributed by atoms with E-state index in [0.717, 1.165) is 39.1 Å². The summed E-state index contributed by atoms with van der Waals surface area (Å²) < 4.78 is 0. The Hall–Kier alpha value is -1.06. The van der Waals surface area contributed by atoms with Crippen molar-refractivity contribution in [1.82, 2.24) is 4.90 Å². The Kier molecular flexibility index (Phi) is 4.61. The molecule has 1 fully saturated rings. The van der Waals surface area contributed by atoms with Gasteiger partial charge >= 0.3 is 0 Å². The van der Waals surface area contributed by atoms with Crippen molar-refractivity contribution in [2.45, 2.75) is 26.3 Å². The lowest BCUT2D eigenvalue weighted by Crippen LogP contribution is -2.53. The zero-order chi connectivity index (χ0) is 13.0. The van der Waals surface area contributed by atoms with Crippen molar-refractivity contribution < 1.29 is 0 Å². The van der Waals surface area contributed by atoms with Crippen LogP contribution in [0.2, 0.25) is 0 Å². The van der Waals surface area contributed by atoms with Gasteiger partial charge in [0.1, 0.15) is 0 Å². The molecule has 1 aliphatic heterocycles. The molecule has 2 N–H and O–H groups in total. The molecule has 1 heterocycles. The number of benzene rings is 1. The van der Waals surface area contributed by atoms with Gasteiger partial charge in [-0.05, 0) is 25.0 Å². The number of rotatable bonds is 4. The van der Waals surface area contributed by atoms with Gasteiger partial charge in [-0.2, -0.15) is 0 Å². The molecule has 0 aromatic heterocycles. The van der Waals surface area contributed by atoms with Crippen LogP contribution in [0.25, 0.3) is 0 Å². The molecule has 3 heteroatoms. The SMILES string of the molecule is CCc1ccccc1N1CCN(CCN)C(C)C1. The number of nitrogens with two attached hydrogens (primary N) is 1. The monoisotopic (exact) mass is 247 g/mol. The molecule has 0 saturated carbocycles. The van der Waals surface area contributed by atoms with E-state index in [9.17, 15) is 0 Å². The molecule has 1 atom stereocenters. The maximum absolute atomic E-state index is 5.66. The highest BCUT2D eigenvalue weighted by Gasteiger charge is 2.23. The number of hydrogen-bond acceptors (Lipinski definition) is 3. The van der Waals surface area contributed by atoms with Gasteiger partial charge in [-0.3, -0.25) is 4.90 Å². The van der Waals surface area contributed by atoms with Gasteiger partial charge in [0.2, 0.25) is 0 Å². The van der Waals surface area contributed by atoms with Crippen molar-refractivity contribution in [3.63, 3.8) is 0 Å². The number of aryl methyl sites for hydroxylation is 1. The first-order chi connectivity index (χ1) is 8.76. The summed E-state index contributed by atoms with van der Waals surface area (Å²) in [7, 11) is 0. The molecule has 1 aromatic rings. The molecule has 1 saturated heterocycles. The number of hydrogen-bond donors (Lipinski definition) is 1. The summed E-state index contributed by atoms with van der Waals surface area (Å²) in [6, 6.07) is 9.37. The third-order valence-electron chi connectivity index (χ3n) is 3.89. The van der Waals surface area contributed by atoms with Gasteiger partial charge in [-0.15, -0.1) is 0 Å². The molecule has 1 aliphatic rings. The van der Waals surface area contributed by atoms with Gasteiger partial charge in [0, 0.05) is 44.5 Å². The second-order valence-electron chi connectivity index (χ2n) is 5.10. The highest BCUT2D eigenvalue weighted by atomic mass is 15.3. The van der Waals surface area contributed by atoms with Crippen LogP contribution >= 0.6 is 0 Å². The summed E-state index contributed by atoms with van der Waals surface area (Å²) in [5.41, 5.74) is 8.53. The third-order valence-corrected chi connectivity index (χ3v) is 3.89. The van der Waals surface area contributed by atoms with Crippen LogP contribution in [0.4, 0.5) is 5.69 Å². The van der Waals surface area contributed by atoms with Crippen LogP contribution in [0.1, 0.15) is 19.4 Å². The molecule has 18 heavy (non-hydrogen) atoms. The summed E-state index contributed by atoms with van der Waals surface area (Å²) >= 11 is 0. The molecule has 100 valence electrons. The molecule has 0 bridgehead atoms. The van der Waals surface area contributed by atoms with Crippen LogP contribution in [0.3, 0.4) is 0 Å². The first-order valence-corrected chi connectivity index (χ1v) is 7.03. The molecule has 1 aromatic carbocycles. The normalized spacial score (nSPS) is 21.3. The van der Waals surface area contributed by atoms with E-state index in [-0.39, 0.29) is 0 Å². The Labute approximate surface area is 111 Å². The quantitative estimate of drug-likeness (QED) is 0.879. The zero-order valence-electron chi connectivity index (χ0n) is 11.6. The Morgan fingerprint density at radius 3 is 2.72 bits per heavy atom. The van der Waals surface area contributed by atoms with Crippen LogP contribution in [0, 0.1) is 0 Å². The summed E-state index contributed by atoms with van der Waals surface area (Å²) in [5, 5.41) is 0. The second-order valence-corrected chi connectivity index (χ2v) is 5.10. The fourth-order valence-corrected chi connectivity index (χ4v) is 2.83. The number of piperazine rings is 1. The van der Waals surface area contributed by atoms with Crippen molar-refractivity contribution in [2.75, 3.05) is 37.6 Å². The minimum Gasteiger partial charge on any atom is -0.368 e. The van der Waals surface area contributed by atoms with Crippen LogP contribution < -0.4 is 10.6 Å². The van der Waals surface area contributed by atoms with Crippen LogP contribution in [-0.4, -0.2) is 43.7 Å². The molecule has 0 radical (unpaired) electrons. The predicted molar refractivity (Wildman–Crippen MR) is 78.1 cm³/mol. The molecule has 1 unspecified atom stereocenters. The van der Waals surface area contributed by atoms with E-state index >= 15 is 0 Å². The van der Waals surface area contributed by atoms with E-state index in [2.05, 4.69) is 47.9 Å². The van der Waals surface area contributed by atoms with Gasteiger partial charge in [-0.1, -0.05) is 25.1 Å². The third kappa shape index (κ3) is 2.85. The van der Waals surface area contributed by atoms with Crippen molar-refractivity contribution >= 4 is 5.69 Å². The summed E-state index contributed by atoms with van der Waals surface area (Å²) in [6.45, 7) is 9.65. The highest BCUT2D eigenvalue weighted by Crippen LogP contribution is 2.23. The summed E-state index contributed by atoms with van der Waals surface area (Å²) in [4.78, 5) is 5.02. The van der Waals surface area contributed by atoms with Crippen LogP contribution in [-0.2, 0) is 6.42 Å². The minimum atomic E-state index is 0.590. The Balaban J connectivity index is 2.07. The zero-order valence-corrected chi connectivity index (χ0v) is 11.6. The molecule has 0 amide bonds. The fourth-order valence-electron chi connectivity index (χ4n) is 2.83. The van der Waals surface area contributed by atoms with Gasteiger partial charge in [0.15, 0.2) is 0 Å². The van der Waals surface area contributed by atoms with Gasteiger partial charge in [-0.25, -0.2) is 0 Å². The van der Waals surface area contributed by atoms with Crippen molar-refractivity contribution in [3.05, 3.63) is 29.8 Å². The van der Waals surface area contributed by atoms with Crippen molar-refractivity contribution in [3.8, 4) is 0 Å². The summed E-state index contributed by atoms with van der Waals surface area (Å²) in [5.74, 6) is 0. The number of anilines is 1. The van der Waals surface area contributed by atoms with E-state index in [1.165, 1.54) is 11.3 Å². The topological polar surface area (TPSA) is 32.5 Å². The maximum atomic E-state index is 5.66. The lowest BCUT2D eigenvalue weighted by molar-refractivity contribution is 0.195. The lowest BCUT2D eigenvalue weighted by atomic mass is 10.1. The molecular formula is C15H25N3. The average Bonchev–Trinajstić information content (AvgIpc) is 2.41. The highest BCUT2D eigenvalue weighted by molar-refractivity contribution is 5.54. The first kappa shape index (κ1) is 13.4. The first-order valence-electron chi connectivity index (χ1n) is 7.03. The smallest absolute Gasteiger partial charge is 0.0399 e. The fraction of sp³-hybridized carbons (Fsp3) is 0.600. The van der Waals surface area contributed by atoms with E-state index in [1.807, 2.05) is 0 Å². The van der Waals surface area contributed by atoms with Gasteiger partial charge in [0.05, 0.1) is 0 Å². The molecule has 3 nitrogen and oxygen atoms in total. The minimum absolute atomic E-state index is 0.590. The van der Waals surface area contributed by atoms with Gasteiger partial charge in [0.25, 0.3) is 0 Å². The lowest BCUT2D eigenvalue weighted by Gasteiger charge is -2.41.